The summed E-state index contributed by atoms with van der Waals surface area (Å²) in [6.45, 7) is 0.294. The first-order chi connectivity index (χ1) is 15.9. The molecule has 4 N–H and O–H groups in total. The molecule has 1 aliphatic carbocycles. The number of nitrogens with one attached hydrogen (secondary N) is 3. The van der Waals surface area contributed by atoms with Crippen molar-refractivity contribution < 1.29 is 23.4 Å². The third-order valence-electron chi connectivity index (χ3n) is 5.91. The third kappa shape index (κ3) is 4.28. The van der Waals surface area contributed by atoms with Gasteiger partial charge in [-0.3, -0.25) is 4.79 Å². The van der Waals surface area contributed by atoms with Gasteiger partial charge >= 0.3 is 0 Å². The average molecular weight is 458 g/mol. The molecular weight excluding hydrogens is 434 g/mol. The van der Waals surface area contributed by atoms with E-state index in [9.17, 15) is 18.7 Å². The van der Waals surface area contributed by atoms with Gasteiger partial charge in [0.15, 0.2) is 5.65 Å². The Bertz CT molecular complexity index is 1220. The number of alkyl halides is 1. The smallest absolute Gasteiger partial charge is 0.224 e. The van der Waals surface area contributed by atoms with Gasteiger partial charge in [-0.05, 0) is 24.5 Å². The number of amides is 1. The van der Waals surface area contributed by atoms with Gasteiger partial charge in [-0.2, -0.15) is 9.61 Å². The molecule has 3 aromatic rings. The summed E-state index contributed by atoms with van der Waals surface area (Å²) < 4.78 is 34.8. The SMILES string of the molecule is CNc1cc(Nc2cc(F)cc3c2OC[C@@H](CO)C3)nc2c(NC(=O)C[C@@H]3C[C@@H]3F)cnn12. The van der Waals surface area contributed by atoms with Crippen LogP contribution in [0.3, 0.4) is 0 Å². The molecule has 3 atom stereocenters. The van der Waals surface area contributed by atoms with Crippen LogP contribution in [0.1, 0.15) is 18.4 Å². The molecule has 0 unspecified atom stereocenters. The second kappa shape index (κ2) is 8.47. The summed E-state index contributed by atoms with van der Waals surface area (Å²) >= 11 is 0. The molecule has 2 aromatic heterocycles. The molecule has 0 radical (unpaired) electrons. The van der Waals surface area contributed by atoms with Gasteiger partial charge in [0.25, 0.3) is 0 Å². The number of rotatable bonds is 7. The Balaban J connectivity index is 1.45. The monoisotopic (exact) mass is 458 g/mol. The lowest BCUT2D eigenvalue weighted by atomic mass is 9.96. The number of aliphatic hydroxyl groups is 1. The lowest BCUT2D eigenvalue weighted by Gasteiger charge is -2.26. The topological polar surface area (TPSA) is 113 Å². The number of fused-ring (bicyclic) bond motifs is 2. The molecular formula is C22H24F2N6O3. The first kappa shape index (κ1) is 21.4. The van der Waals surface area contributed by atoms with E-state index in [1.807, 2.05) is 0 Å². The summed E-state index contributed by atoms with van der Waals surface area (Å²) in [4.78, 5) is 16.8. The minimum absolute atomic E-state index is 0.0368. The standard InChI is InChI=1S/C22H24F2N6O3/c1-25-19-7-18(27-16-6-14(23)3-13-2-11(9-31)10-33-21(13)16)29-22-17(8-26-30(19)22)28-20(32)5-12-4-15(12)24/h3,6-8,11-12,15,25,31H,2,4-5,9-10H2,1H3,(H,27,29)(H,28,32)/t11-,12+,15+/m1/s1. The Hall–Kier alpha value is -3.47. The highest BCUT2D eigenvalue weighted by Crippen LogP contribution is 2.38. The van der Waals surface area contributed by atoms with Crippen LogP contribution in [-0.4, -0.2) is 52.0 Å². The highest BCUT2D eigenvalue weighted by molar-refractivity contribution is 5.95. The summed E-state index contributed by atoms with van der Waals surface area (Å²) in [6, 6.07) is 4.43. The second-order valence-electron chi connectivity index (χ2n) is 8.46. The Morgan fingerprint density at radius 2 is 2.15 bits per heavy atom. The largest absolute Gasteiger partial charge is 0.491 e. The lowest BCUT2D eigenvalue weighted by molar-refractivity contribution is -0.116. The Labute approximate surface area is 188 Å². The van der Waals surface area contributed by atoms with Crippen LogP contribution in [0.5, 0.6) is 5.75 Å². The molecule has 174 valence electrons. The minimum atomic E-state index is -0.906. The van der Waals surface area contributed by atoms with Crippen molar-refractivity contribution in [3.8, 4) is 5.75 Å². The number of aromatic nitrogens is 3. The minimum Gasteiger partial charge on any atom is -0.491 e. The number of benzene rings is 1. The Morgan fingerprint density at radius 3 is 2.88 bits per heavy atom. The zero-order valence-corrected chi connectivity index (χ0v) is 17.9. The van der Waals surface area contributed by atoms with Crippen molar-refractivity contribution in [2.45, 2.75) is 25.4 Å². The average Bonchev–Trinajstić information content (AvgIpc) is 3.34. The number of carbonyl (C=O) groups is 1. The number of aliphatic hydroxyl groups excluding tert-OH is 1. The summed E-state index contributed by atoms with van der Waals surface area (Å²) in [5, 5.41) is 22.6. The number of carbonyl (C=O) groups excluding carboxylic acids is 1. The van der Waals surface area contributed by atoms with E-state index in [-0.39, 0.29) is 30.8 Å². The normalized spacial score (nSPS) is 21.3. The number of hydrogen-bond acceptors (Lipinski definition) is 7. The van der Waals surface area contributed by atoms with Crippen LogP contribution in [0.15, 0.2) is 24.4 Å². The maximum absolute atomic E-state index is 14.3. The van der Waals surface area contributed by atoms with Gasteiger partial charge in [-0.25, -0.2) is 13.8 Å². The highest BCUT2D eigenvalue weighted by Gasteiger charge is 2.38. The first-order valence-electron chi connectivity index (χ1n) is 10.8. The van der Waals surface area contributed by atoms with Gasteiger partial charge in [-0.15, -0.1) is 0 Å². The van der Waals surface area contributed by atoms with Crippen molar-refractivity contribution >= 4 is 34.6 Å². The van der Waals surface area contributed by atoms with Gasteiger partial charge < -0.3 is 25.8 Å². The Morgan fingerprint density at radius 1 is 1.33 bits per heavy atom. The molecule has 1 amide bonds. The molecule has 0 saturated heterocycles. The van der Waals surface area contributed by atoms with Crippen molar-refractivity contribution in [3.05, 3.63) is 35.8 Å². The number of anilines is 4. The fourth-order valence-corrected chi connectivity index (χ4v) is 4.05. The van der Waals surface area contributed by atoms with E-state index in [0.717, 1.165) is 0 Å². The molecule has 11 heteroatoms. The van der Waals surface area contributed by atoms with E-state index >= 15 is 0 Å². The first-order valence-corrected chi connectivity index (χ1v) is 10.8. The van der Waals surface area contributed by atoms with Crippen molar-refractivity contribution in [1.82, 2.24) is 14.6 Å². The fourth-order valence-electron chi connectivity index (χ4n) is 4.05. The number of nitrogens with zero attached hydrogens (tertiary/aromatic N) is 3. The van der Waals surface area contributed by atoms with Crippen molar-refractivity contribution in [1.29, 1.82) is 0 Å². The summed E-state index contributed by atoms with van der Waals surface area (Å²) in [6.07, 6.45) is 1.60. The van der Waals surface area contributed by atoms with E-state index < -0.39 is 12.0 Å². The fraction of sp³-hybridized carbons (Fsp3) is 0.409. The molecule has 1 fully saturated rings. The quantitative estimate of drug-likeness (QED) is 0.431. The van der Waals surface area contributed by atoms with E-state index in [1.165, 1.54) is 22.8 Å². The molecule has 0 spiro atoms. The van der Waals surface area contributed by atoms with Crippen molar-refractivity contribution in [2.24, 2.45) is 11.8 Å². The third-order valence-corrected chi connectivity index (χ3v) is 5.91. The molecule has 1 aromatic carbocycles. The molecule has 0 bridgehead atoms. The van der Waals surface area contributed by atoms with Crippen LogP contribution in [0.2, 0.25) is 0 Å². The van der Waals surface area contributed by atoms with E-state index in [4.69, 9.17) is 4.74 Å². The van der Waals surface area contributed by atoms with Crippen LogP contribution in [0.4, 0.5) is 31.8 Å². The Kier molecular flexibility index (Phi) is 5.49. The zero-order chi connectivity index (χ0) is 23.1. The van der Waals surface area contributed by atoms with Gasteiger partial charge in [-0.1, -0.05) is 0 Å². The van der Waals surface area contributed by atoms with E-state index in [0.29, 0.717) is 59.4 Å². The molecule has 1 saturated carbocycles. The van der Waals surface area contributed by atoms with Crippen LogP contribution in [0, 0.1) is 17.7 Å². The maximum atomic E-state index is 14.3. The number of ether oxygens (including phenoxy) is 1. The predicted octanol–water partition coefficient (Wildman–Crippen LogP) is 2.88. The summed E-state index contributed by atoms with van der Waals surface area (Å²) in [5.41, 5.74) is 1.84. The van der Waals surface area contributed by atoms with Gasteiger partial charge in [0, 0.05) is 44.0 Å². The molecule has 3 heterocycles. The van der Waals surface area contributed by atoms with Crippen molar-refractivity contribution in [3.63, 3.8) is 0 Å². The zero-order valence-electron chi connectivity index (χ0n) is 17.9. The molecule has 5 rings (SSSR count). The molecule has 9 nitrogen and oxygen atoms in total. The predicted molar refractivity (Wildman–Crippen MR) is 118 cm³/mol. The summed E-state index contributed by atoms with van der Waals surface area (Å²) in [7, 11) is 1.72. The van der Waals surface area contributed by atoms with Crippen molar-refractivity contribution in [2.75, 3.05) is 36.2 Å². The summed E-state index contributed by atoms with van der Waals surface area (Å²) in [5.74, 6) is 0.438. The molecule has 33 heavy (non-hydrogen) atoms. The van der Waals surface area contributed by atoms with Gasteiger partial charge in [0.05, 0.1) is 18.5 Å². The maximum Gasteiger partial charge on any atom is 0.224 e. The van der Waals surface area contributed by atoms with Crippen LogP contribution < -0.4 is 20.7 Å². The number of hydrogen-bond donors (Lipinski definition) is 4. The lowest BCUT2D eigenvalue weighted by Crippen LogP contribution is -2.24. The van der Waals surface area contributed by atoms with Gasteiger partial charge in [0.2, 0.25) is 5.91 Å². The van der Waals surface area contributed by atoms with E-state index in [2.05, 4.69) is 26.0 Å². The number of halogens is 2. The molecule has 1 aliphatic heterocycles. The van der Waals surface area contributed by atoms with Crippen LogP contribution in [-0.2, 0) is 11.2 Å². The van der Waals surface area contributed by atoms with Crippen LogP contribution >= 0.6 is 0 Å². The molecule has 2 aliphatic rings. The highest BCUT2D eigenvalue weighted by atomic mass is 19.1. The van der Waals surface area contributed by atoms with E-state index in [1.54, 1.807) is 13.1 Å². The van der Waals surface area contributed by atoms with Gasteiger partial charge in [0.1, 0.15) is 35.1 Å². The second-order valence-corrected chi connectivity index (χ2v) is 8.46. The van der Waals surface area contributed by atoms with Crippen LogP contribution in [0.25, 0.3) is 5.65 Å².